The standard InChI is InChI=1S/C12H12ClNO3S/c1-3-10-7-11(17-14-10)9-5-4-8(2)12(6-9)18(13,15)16/h4-7H,3H2,1-2H3. The number of hydrogen-bond acceptors (Lipinski definition) is 4. The van der Waals surface area contributed by atoms with E-state index in [0.717, 1.165) is 12.1 Å². The van der Waals surface area contributed by atoms with Gasteiger partial charge in [-0.3, -0.25) is 0 Å². The fourth-order valence-corrected chi connectivity index (χ4v) is 2.85. The van der Waals surface area contributed by atoms with Crippen LogP contribution in [-0.2, 0) is 15.5 Å². The minimum absolute atomic E-state index is 0.0936. The highest BCUT2D eigenvalue weighted by molar-refractivity contribution is 8.13. The van der Waals surface area contributed by atoms with Crippen molar-refractivity contribution in [2.24, 2.45) is 0 Å². The van der Waals surface area contributed by atoms with Crippen LogP contribution in [0.5, 0.6) is 0 Å². The molecule has 2 aromatic rings. The summed E-state index contributed by atoms with van der Waals surface area (Å²) in [5, 5.41) is 3.87. The number of hydrogen-bond donors (Lipinski definition) is 0. The van der Waals surface area contributed by atoms with E-state index >= 15 is 0 Å². The Morgan fingerprint density at radius 2 is 2.06 bits per heavy atom. The summed E-state index contributed by atoms with van der Waals surface area (Å²) in [5.74, 6) is 0.536. The molecule has 96 valence electrons. The van der Waals surface area contributed by atoms with Crippen molar-refractivity contribution in [2.75, 3.05) is 0 Å². The molecule has 1 heterocycles. The first-order chi connectivity index (χ1) is 8.41. The Labute approximate surface area is 110 Å². The third-order valence-electron chi connectivity index (χ3n) is 2.66. The Kier molecular flexibility index (Phi) is 3.45. The van der Waals surface area contributed by atoms with Crippen molar-refractivity contribution in [2.45, 2.75) is 25.2 Å². The van der Waals surface area contributed by atoms with Gasteiger partial charge in [0.1, 0.15) is 0 Å². The van der Waals surface area contributed by atoms with E-state index < -0.39 is 9.05 Å². The largest absolute Gasteiger partial charge is 0.356 e. The molecule has 0 fully saturated rings. The van der Waals surface area contributed by atoms with Gasteiger partial charge in [-0.1, -0.05) is 24.2 Å². The highest BCUT2D eigenvalue weighted by atomic mass is 35.7. The minimum atomic E-state index is -3.75. The van der Waals surface area contributed by atoms with Gasteiger partial charge in [-0.2, -0.15) is 0 Å². The number of benzene rings is 1. The predicted octanol–water partition coefficient (Wildman–Crippen LogP) is 3.14. The van der Waals surface area contributed by atoms with Gasteiger partial charge in [-0.25, -0.2) is 8.42 Å². The Morgan fingerprint density at radius 3 is 2.61 bits per heavy atom. The lowest BCUT2D eigenvalue weighted by Crippen LogP contribution is -1.94. The SMILES string of the molecule is CCc1cc(-c2ccc(C)c(S(=O)(=O)Cl)c2)on1. The summed E-state index contributed by atoms with van der Waals surface area (Å²) < 4.78 is 28.0. The van der Waals surface area contributed by atoms with Crippen LogP contribution in [-0.4, -0.2) is 13.6 Å². The second-order valence-electron chi connectivity index (χ2n) is 3.95. The van der Waals surface area contributed by atoms with E-state index in [1.54, 1.807) is 25.1 Å². The zero-order chi connectivity index (χ0) is 13.3. The van der Waals surface area contributed by atoms with Gasteiger partial charge in [-0.15, -0.1) is 0 Å². The normalized spacial score (nSPS) is 11.7. The van der Waals surface area contributed by atoms with Crippen LogP contribution < -0.4 is 0 Å². The molecule has 0 unspecified atom stereocenters. The first-order valence-electron chi connectivity index (χ1n) is 5.43. The van der Waals surface area contributed by atoms with Crippen LogP contribution in [0.4, 0.5) is 0 Å². The Bertz CT molecular complexity index is 676. The van der Waals surface area contributed by atoms with Gasteiger partial charge in [0, 0.05) is 22.3 Å². The third-order valence-corrected chi connectivity index (χ3v) is 4.12. The number of aromatic nitrogens is 1. The lowest BCUT2D eigenvalue weighted by molar-refractivity contribution is 0.424. The number of aryl methyl sites for hydroxylation is 2. The summed E-state index contributed by atoms with van der Waals surface area (Å²) in [5.41, 5.74) is 2.07. The second-order valence-corrected chi connectivity index (χ2v) is 6.49. The van der Waals surface area contributed by atoms with Gasteiger partial charge in [0.05, 0.1) is 10.6 Å². The fraction of sp³-hybridized carbons (Fsp3) is 0.250. The zero-order valence-electron chi connectivity index (χ0n) is 9.97. The van der Waals surface area contributed by atoms with Crippen LogP contribution in [0, 0.1) is 6.92 Å². The molecule has 0 amide bonds. The van der Waals surface area contributed by atoms with Crippen molar-refractivity contribution in [1.82, 2.24) is 5.16 Å². The smallest absolute Gasteiger partial charge is 0.261 e. The second kappa shape index (κ2) is 4.74. The van der Waals surface area contributed by atoms with Crippen molar-refractivity contribution in [1.29, 1.82) is 0 Å². The molecule has 0 saturated heterocycles. The van der Waals surface area contributed by atoms with Crippen LogP contribution >= 0.6 is 10.7 Å². The molecule has 4 nitrogen and oxygen atoms in total. The van der Waals surface area contributed by atoms with Crippen molar-refractivity contribution >= 4 is 19.7 Å². The van der Waals surface area contributed by atoms with Gasteiger partial charge in [-0.05, 0) is 25.0 Å². The molecule has 0 aliphatic carbocycles. The summed E-state index contributed by atoms with van der Waals surface area (Å²) in [7, 11) is 1.63. The van der Waals surface area contributed by atoms with Gasteiger partial charge in [0.15, 0.2) is 5.76 Å². The molecule has 0 N–H and O–H groups in total. The highest BCUT2D eigenvalue weighted by Crippen LogP contribution is 2.27. The molecule has 0 bridgehead atoms. The minimum Gasteiger partial charge on any atom is -0.356 e. The number of halogens is 1. The summed E-state index contributed by atoms with van der Waals surface area (Å²) in [6.45, 7) is 3.66. The summed E-state index contributed by atoms with van der Waals surface area (Å²) in [4.78, 5) is 0.0936. The molecule has 1 aromatic heterocycles. The van der Waals surface area contributed by atoms with Crippen LogP contribution in [0.3, 0.4) is 0 Å². The molecule has 0 spiro atoms. The predicted molar refractivity (Wildman–Crippen MR) is 69.1 cm³/mol. The molecular weight excluding hydrogens is 274 g/mol. The van der Waals surface area contributed by atoms with Crippen LogP contribution in [0.1, 0.15) is 18.2 Å². The molecule has 1 aromatic carbocycles. The van der Waals surface area contributed by atoms with E-state index in [0.29, 0.717) is 16.9 Å². The Morgan fingerprint density at radius 1 is 1.33 bits per heavy atom. The highest BCUT2D eigenvalue weighted by Gasteiger charge is 2.16. The van der Waals surface area contributed by atoms with E-state index in [9.17, 15) is 8.42 Å². The van der Waals surface area contributed by atoms with E-state index in [-0.39, 0.29) is 4.90 Å². The van der Waals surface area contributed by atoms with Crippen molar-refractivity contribution in [3.8, 4) is 11.3 Å². The number of rotatable bonds is 3. The number of nitrogens with zero attached hydrogens (tertiary/aromatic N) is 1. The lowest BCUT2D eigenvalue weighted by Gasteiger charge is -2.03. The first kappa shape index (κ1) is 13.1. The lowest BCUT2D eigenvalue weighted by atomic mass is 10.1. The van der Waals surface area contributed by atoms with Crippen LogP contribution in [0.25, 0.3) is 11.3 Å². The monoisotopic (exact) mass is 285 g/mol. The Balaban J connectivity index is 2.53. The maximum absolute atomic E-state index is 11.4. The van der Waals surface area contributed by atoms with E-state index in [2.05, 4.69) is 5.16 Å². The topological polar surface area (TPSA) is 60.2 Å². The zero-order valence-corrected chi connectivity index (χ0v) is 11.5. The van der Waals surface area contributed by atoms with Crippen LogP contribution in [0.2, 0.25) is 0 Å². The molecule has 0 aliphatic rings. The third kappa shape index (κ3) is 2.57. The maximum atomic E-state index is 11.4. The maximum Gasteiger partial charge on any atom is 0.261 e. The van der Waals surface area contributed by atoms with E-state index in [4.69, 9.17) is 15.2 Å². The van der Waals surface area contributed by atoms with E-state index in [1.165, 1.54) is 6.07 Å². The molecular formula is C12H12ClNO3S. The quantitative estimate of drug-likeness (QED) is 0.813. The first-order valence-corrected chi connectivity index (χ1v) is 7.74. The Hall–Kier alpha value is -1.33. The van der Waals surface area contributed by atoms with Gasteiger partial charge >= 0.3 is 0 Å². The molecule has 2 rings (SSSR count). The summed E-state index contributed by atoms with van der Waals surface area (Å²) >= 11 is 0. The molecule has 0 atom stereocenters. The molecule has 18 heavy (non-hydrogen) atoms. The molecule has 0 radical (unpaired) electrons. The molecule has 6 heteroatoms. The van der Waals surface area contributed by atoms with Crippen molar-refractivity contribution < 1.29 is 12.9 Å². The van der Waals surface area contributed by atoms with Crippen molar-refractivity contribution in [3.05, 3.63) is 35.5 Å². The van der Waals surface area contributed by atoms with E-state index in [1.807, 2.05) is 6.92 Å². The van der Waals surface area contributed by atoms with Gasteiger partial charge in [0.25, 0.3) is 9.05 Å². The summed E-state index contributed by atoms with van der Waals surface area (Å²) in [6.07, 6.45) is 0.760. The molecule has 0 aliphatic heterocycles. The van der Waals surface area contributed by atoms with Gasteiger partial charge in [0.2, 0.25) is 0 Å². The molecule has 0 saturated carbocycles. The fourth-order valence-electron chi connectivity index (χ4n) is 1.63. The van der Waals surface area contributed by atoms with Crippen molar-refractivity contribution in [3.63, 3.8) is 0 Å². The van der Waals surface area contributed by atoms with Crippen LogP contribution in [0.15, 0.2) is 33.7 Å². The van der Waals surface area contributed by atoms with Gasteiger partial charge < -0.3 is 4.52 Å². The average molecular weight is 286 g/mol. The average Bonchev–Trinajstić information content (AvgIpc) is 2.76. The summed E-state index contributed by atoms with van der Waals surface area (Å²) in [6, 6.07) is 6.76.